The van der Waals surface area contributed by atoms with Gasteiger partial charge in [0.2, 0.25) is 5.91 Å². The topological polar surface area (TPSA) is 66.8 Å². The van der Waals surface area contributed by atoms with Crippen LogP contribution < -0.4 is 0 Å². The van der Waals surface area contributed by atoms with Gasteiger partial charge in [-0.3, -0.25) is 9.59 Å². The first-order chi connectivity index (χ1) is 13.6. The average Bonchev–Trinajstić information content (AvgIpc) is 2.70. The number of rotatable bonds is 8. The zero-order valence-electron chi connectivity index (χ0n) is 16.5. The highest BCUT2D eigenvalue weighted by Crippen LogP contribution is 2.19. The molecule has 28 heavy (non-hydrogen) atoms. The molecule has 0 bridgehead atoms. The van der Waals surface area contributed by atoms with Crippen LogP contribution in [0.3, 0.4) is 0 Å². The van der Waals surface area contributed by atoms with Crippen LogP contribution in [-0.4, -0.2) is 47.7 Å². The van der Waals surface area contributed by atoms with E-state index in [1.807, 2.05) is 36.4 Å². The van der Waals surface area contributed by atoms with Crippen molar-refractivity contribution >= 4 is 11.9 Å². The van der Waals surface area contributed by atoms with Gasteiger partial charge in [-0.05, 0) is 24.8 Å². The van der Waals surface area contributed by atoms with Crippen LogP contribution in [0, 0.1) is 11.8 Å². The SMILES string of the molecule is COC(=O)CCCC#CCN1C(=O)CCCC1C=C[C@H](O)Cc1ccccc1. The van der Waals surface area contributed by atoms with Crippen LogP contribution in [0.4, 0.5) is 0 Å². The lowest BCUT2D eigenvalue weighted by Gasteiger charge is -2.32. The van der Waals surface area contributed by atoms with Gasteiger partial charge in [-0.2, -0.15) is 0 Å². The van der Waals surface area contributed by atoms with Gasteiger partial charge >= 0.3 is 5.97 Å². The monoisotopic (exact) mass is 383 g/mol. The Labute approximate surface area is 167 Å². The predicted octanol–water partition coefficient (Wildman–Crippen LogP) is 2.87. The Kier molecular flexibility index (Phi) is 9.30. The highest BCUT2D eigenvalue weighted by Gasteiger charge is 2.25. The third-order valence-electron chi connectivity index (χ3n) is 4.74. The molecule has 0 aliphatic carbocycles. The summed E-state index contributed by atoms with van der Waals surface area (Å²) in [5.74, 6) is 5.94. The molecule has 1 unspecified atom stereocenters. The fourth-order valence-corrected chi connectivity index (χ4v) is 3.19. The molecule has 5 nitrogen and oxygen atoms in total. The van der Waals surface area contributed by atoms with Gasteiger partial charge in [-0.15, -0.1) is 5.92 Å². The Hall–Kier alpha value is -2.58. The molecular formula is C23H29NO4. The summed E-state index contributed by atoms with van der Waals surface area (Å²) in [5.41, 5.74) is 1.08. The Bertz CT molecular complexity index is 717. The van der Waals surface area contributed by atoms with E-state index in [1.165, 1.54) is 7.11 Å². The van der Waals surface area contributed by atoms with E-state index >= 15 is 0 Å². The quantitative estimate of drug-likeness (QED) is 0.324. The van der Waals surface area contributed by atoms with Crippen LogP contribution in [0.1, 0.15) is 44.1 Å². The highest BCUT2D eigenvalue weighted by atomic mass is 16.5. The number of benzene rings is 1. The predicted molar refractivity (Wildman–Crippen MR) is 108 cm³/mol. The number of piperidine rings is 1. The second kappa shape index (κ2) is 12.0. The van der Waals surface area contributed by atoms with E-state index in [1.54, 1.807) is 11.0 Å². The number of aliphatic hydroxyl groups is 1. The first-order valence-electron chi connectivity index (χ1n) is 9.82. The van der Waals surface area contributed by atoms with Crippen molar-refractivity contribution in [3.63, 3.8) is 0 Å². The van der Waals surface area contributed by atoms with Crippen molar-refractivity contribution in [2.45, 2.75) is 57.1 Å². The minimum absolute atomic E-state index is 0.0314. The zero-order valence-corrected chi connectivity index (χ0v) is 16.5. The van der Waals surface area contributed by atoms with Gasteiger partial charge in [-0.25, -0.2) is 0 Å². The number of amides is 1. The Morgan fingerprint density at radius 1 is 1.36 bits per heavy atom. The van der Waals surface area contributed by atoms with Crippen LogP contribution in [0.15, 0.2) is 42.5 Å². The molecule has 1 aliphatic rings. The van der Waals surface area contributed by atoms with Gasteiger partial charge in [-0.1, -0.05) is 48.4 Å². The maximum atomic E-state index is 12.3. The van der Waals surface area contributed by atoms with Gasteiger partial charge in [0.1, 0.15) is 0 Å². The van der Waals surface area contributed by atoms with Crippen LogP contribution in [-0.2, 0) is 20.7 Å². The number of nitrogens with zero attached hydrogens (tertiary/aromatic N) is 1. The molecule has 150 valence electrons. The number of unbranched alkanes of at least 4 members (excludes halogenated alkanes) is 1. The summed E-state index contributed by atoms with van der Waals surface area (Å²) in [7, 11) is 1.38. The molecule has 1 fully saturated rings. The maximum absolute atomic E-state index is 12.3. The number of methoxy groups -OCH3 is 1. The first kappa shape index (κ1) is 21.7. The van der Waals surface area contributed by atoms with Gasteiger partial charge in [0.15, 0.2) is 0 Å². The molecule has 1 aromatic carbocycles. The van der Waals surface area contributed by atoms with Crippen molar-refractivity contribution in [1.82, 2.24) is 4.90 Å². The van der Waals surface area contributed by atoms with Crippen molar-refractivity contribution in [1.29, 1.82) is 0 Å². The second-order valence-electron chi connectivity index (χ2n) is 6.91. The number of hydrogen-bond donors (Lipinski definition) is 1. The lowest BCUT2D eigenvalue weighted by Crippen LogP contribution is -2.42. The number of aliphatic hydroxyl groups excluding tert-OH is 1. The first-order valence-corrected chi connectivity index (χ1v) is 9.82. The molecule has 1 aromatic rings. The number of ether oxygens (including phenoxy) is 1. The molecule has 1 N–H and O–H groups in total. The highest BCUT2D eigenvalue weighted by molar-refractivity contribution is 5.78. The summed E-state index contributed by atoms with van der Waals surface area (Å²) >= 11 is 0. The molecular weight excluding hydrogens is 354 g/mol. The maximum Gasteiger partial charge on any atom is 0.305 e. The lowest BCUT2D eigenvalue weighted by molar-refractivity contribution is -0.140. The van der Waals surface area contributed by atoms with E-state index in [4.69, 9.17) is 0 Å². The molecule has 2 atom stereocenters. The fourth-order valence-electron chi connectivity index (χ4n) is 3.19. The molecule has 2 rings (SSSR count). The summed E-state index contributed by atoms with van der Waals surface area (Å²) in [5, 5.41) is 10.3. The number of esters is 1. The molecule has 1 heterocycles. The standard InChI is InChI=1S/C23H29NO4/c1-28-23(27)14-7-2-3-8-17-24-20(12-9-13-22(24)26)15-16-21(25)18-19-10-5-4-6-11-19/h4-6,10-11,15-16,20-21,25H,2,7,9,12-14,17-18H2,1H3/t20?,21-/m0/s1. The minimum atomic E-state index is -0.578. The van der Waals surface area contributed by atoms with Crippen molar-refractivity contribution in [3.05, 3.63) is 48.0 Å². The van der Waals surface area contributed by atoms with E-state index in [-0.39, 0.29) is 17.9 Å². The third-order valence-corrected chi connectivity index (χ3v) is 4.74. The van der Waals surface area contributed by atoms with E-state index in [9.17, 15) is 14.7 Å². The summed E-state index contributed by atoms with van der Waals surface area (Å²) in [6.07, 6.45) is 7.59. The lowest BCUT2D eigenvalue weighted by atomic mass is 9.99. The largest absolute Gasteiger partial charge is 0.469 e. The fraction of sp³-hybridized carbons (Fsp3) is 0.478. The van der Waals surface area contributed by atoms with Crippen molar-refractivity contribution in [2.24, 2.45) is 0 Å². The summed E-state index contributed by atoms with van der Waals surface area (Å²) in [4.78, 5) is 25.1. The van der Waals surface area contributed by atoms with Gasteiger partial charge in [0.05, 0.1) is 25.8 Å². The second-order valence-corrected chi connectivity index (χ2v) is 6.91. The molecule has 1 saturated heterocycles. The summed E-state index contributed by atoms with van der Waals surface area (Å²) in [6, 6.07) is 9.81. The van der Waals surface area contributed by atoms with Gasteiger partial charge in [0, 0.05) is 25.7 Å². The number of carbonyl (C=O) groups excluding carboxylic acids is 2. The summed E-state index contributed by atoms with van der Waals surface area (Å²) < 4.78 is 4.60. The van der Waals surface area contributed by atoms with Crippen LogP contribution in [0.2, 0.25) is 0 Å². The Balaban J connectivity index is 1.85. The smallest absolute Gasteiger partial charge is 0.305 e. The molecule has 5 heteroatoms. The van der Waals surface area contributed by atoms with Crippen LogP contribution in [0.5, 0.6) is 0 Å². The molecule has 0 spiro atoms. The van der Waals surface area contributed by atoms with Crippen molar-refractivity contribution in [2.75, 3.05) is 13.7 Å². The summed E-state index contributed by atoms with van der Waals surface area (Å²) in [6.45, 7) is 0.376. The van der Waals surface area contributed by atoms with Crippen LogP contribution in [0.25, 0.3) is 0 Å². The van der Waals surface area contributed by atoms with Gasteiger partial charge in [0.25, 0.3) is 0 Å². The Morgan fingerprint density at radius 2 is 2.14 bits per heavy atom. The van der Waals surface area contributed by atoms with Gasteiger partial charge < -0.3 is 14.7 Å². The van der Waals surface area contributed by atoms with E-state index in [0.29, 0.717) is 38.6 Å². The van der Waals surface area contributed by atoms with Crippen LogP contribution >= 0.6 is 0 Å². The zero-order chi connectivity index (χ0) is 20.2. The minimum Gasteiger partial charge on any atom is -0.469 e. The molecule has 0 saturated carbocycles. The van der Waals surface area contributed by atoms with Crippen molar-refractivity contribution in [3.8, 4) is 11.8 Å². The molecule has 0 aromatic heterocycles. The number of likely N-dealkylation sites (tertiary alicyclic amines) is 1. The molecule has 1 aliphatic heterocycles. The molecule has 0 radical (unpaired) electrons. The van der Waals surface area contributed by atoms with E-state index < -0.39 is 6.10 Å². The van der Waals surface area contributed by atoms with E-state index in [2.05, 4.69) is 16.6 Å². The normalized spacial score (nSPS) is 17.9. The average molecular weight is 383 g/mol. The van der Waals surface area contributed by atoms with Crippen molar-refractivity contribution < 1.29 is 19.4 Å². The third kappa shape index (κ3) is 7.58. The molecule has 1 amide bonds. The number of carbonyl (C=O) groups is 2. The number of hydrogen-bond acceptors (Lipinski definition) is 4. The van der Waals surface area contributed by atoms with E-state index in [0.717, 1.165) is 18.4 Å². The Morgan fingerprint density at radius 3 is 2.89 bits per heavy atom.